The number of hydrogen-bond acceptors (Lipinski definition) is 2. The zero-order valence-corrected chi connectivity index (χ0v) is 9.14. The van der Waals surface area contributed by atoms with Crippen molar-refractivity contribution in [2.45, 2.75) is 32.7 Å². The van der Waals surface area contributed by atoms with Gasteiger partial charge in [-0.25, -0.2) is 0 Å². The number of hydrogen-bond donors (Lipinski definition) is 1. The third-order valence-electron chi connectivity index (χ3n) is 2.46. The maximum absolute atomic E-state index is 11.2. The molecule has 78 valence electrons. The molecule has 0 saturated carbocycles. The van der Waals surface area contributed by atoms with E-state index in [0.717, 1.165) is 19.5 Å². The van der Waals surface area contributed by atoms with Gasteiger partial charge in [-0.15, -0.1) is 12.4 Å². The zero-order chi connectivity index (χ0) is 9.14. The summed E-state index contributed by atoms with van der Waals surface area (Å²) >= 11 is 0. The quantitative estimate of drug-likeness (QED) is 0.750. The minimum absolute atomic E-state index is 0. The number of nitrogens with two attached hydrogens (primary N) is 1. The number of amides is 1. The van der Waals surface area contributed by atoms with Gasteiger partial charge in [0, 0.05) is 25.6 Å². The van der Waals surface area contributed by atoms with Gasteiger partial charge in [0.1, 0.15) is 0 Å². The van der Waals surface area contributed by atoms with Crippen LogP contribution in [0, 0.1) is 5.92 Å². The fourth-order valence-electron chi connectivity index (χ4n) is 1.36. The highest BCUT2D eigenvalue weighted by Crippen LogP contribution is 2.11. The third kappa shape index (κ3) is 3.53. The Morgan fingerprint density at radius 1 is 1.54 bits per heavy atom. The molecule has 3 nitrogen and oxygen atoms in total. The molecular weight excluding hydrogens is 188 g/mol. The van der Waals surface area contributed by atoms with E-state index in [2.05, 4.69) is 13.8 Å². The van der Waals surface area contributed by atoms with Crippen molar-refractivity contribution in [3.05, 3.63) is 0 Å². The summed E-state index contributed by atoms with van der Waals surface area (Å²) < 4.78 is 0. The fourth-order valence-corrected chi connectivity index (χ4v) is 1.36. The van der Waals surface area contributed by atoms with Gasteiger partial charge in [-0.3, -0.25) is 4.79 Å². The first-order valence-electron chi connectivity index (χ1n) is 4.64. The molecule has 0 bridgehead atoms. The van der Waals surface area contributed by atoms with Crippen LogP contribution >= 0.6 is 12.4 Å². The molecule has 1 aliphatic rings. The molecule has 0 radical (unpaired) electrons. The van der Waals surface area contributed by atoms with Crippen LogP contribution in [-0.2, 0) is 4.79 Å². The smallest absolute Gasteiger partial charge is 0.222 e. The molecule has 4 heteroatoms. The molecule has 0 unspecified atom stereocenters. The first-order chi connectivity index (χ1) is 5.61. The van der Waals surface area contributed by atoms with Crippen LogP contribution in [0.15, 0.2) is 0 Å². The van der Waals surface area contributed by atoms with Crippen molar-refractivity contribution in [1.29, 1.82) is 0 Å². The molecule has 1 atom stereocenters. The lowest BCUT2D eigenvalue weighted by molar-refractivity contribution is -0.128. The van der Waals surface area contributed by atoms with E-state index in [1.165, 1.54) is 0 Å². The molecule has 0 aromatic carbocycles. The van der Waals surface area contributed by atoms with Crippen LogP contribution in [0.2, 0.25) is 0 Å². The average Bonchev–Trinajstić information content (AvgIpc) is 2.36. The molecule has 1 rings (SSSR count). The molecule has 1 fully saturated rings. The molecule has 1 aliphatic heterocycles. The normalized spacial score (nSPS) is 19.1. The molecule has 1 amide bonds. The van der Waals surface area contributed by atoms with Gasteiger partial charge in [0.2, 0.25) is 5.91 Å². The summed E-state index contributed by atoms with van der Waals surface area (Å²) in [5, 5.41) is 0. The molecule has 1 saturated heterocycles. The van der Waals surface area contributed by atoms with E-state index in [4.69, 9.17) is 5.73 Å². The highest BCUT2D eigenvalue weighted by Gasteiger charge is 2.22. The Morgan fingerprint density at radius 2 is 2.15 bits per heavy atom. The van der Waals surface area contributed by atoms with Crippen molar-refractivity contribution in [3.8, 4) is 0 Å². The highest BCUT2D eigenvalue weighted by atomic mass is 35.5. The number of carbonyl (C=O) groups is 1. The summed E-state index contributed by atoms with van der Waals surface area (Å²) in [5.41, 5.74) is 5.86. The van der Waals surface area contributed by atoms with Crippen LogP contribution in [0.3, 0.4) is 0 Å². The SMILES string of the molecule is CC(C)[C@H](N)CN1CCCC1=O.Cl. The maximum atomic E-state index is 11.2. The van der Waals surface area contributed by atoms with Gasteiger partial charge in [0.05, 0.1) is 0 Å². The predicted molar refractivity (Wildman–Crippen MR) is 55.9 cm³/mol. The Kier molecular flexibility index (Phi) is 5.33. The van der Waals surface area contributed by atoms with Crippen LogP contribution < -0.4 is 5.73 Å². The first kappa shape index (κ1) is 12.7. The number of likely N-dealkylation sites (tertiary alicyclic amines) is 1. The lowest BCUT2D eigenvalue weighted by atomic mass is 10.1. The molecule has 2 N–H and O–H groups in total. The Hall–Kier alpha value is -0.280. The largest absolute Gasteiger partial charge is 0.341 e. The van der Waals surface area contributed by atoms with Gasteiger partial charge in [-0.1, -0.05) is 13.8 Å². The van der Waals surface area contributed by atoms with E-state index in [1.807, 2.05) is 4.90 Å². The van der Waals surface area contributed by atoms with Gasteiger partial charge in [-0.2, -0.15) is 0 Å². The average molecular weight is 207 g/mol. The Bertz CT molecular complexity index is 173. The van der Waals surface area contributed by atoms with Crippen molar-refractivity contribution in [1.82, 2.24) is 4.90 Å². The Morgan fingerprint density at radius 3 is 2.54 bits per heavy atom. The lowest BCUT2D eigenvalue weighted by Gasteiger charge is -2.22. The minimum atomic E-state index is 0. The van der Waals surface area contributed by atoms with E-state index in [1.54, 1.807) is 0 Å². The zero-order valence-electron chi connectivity index (χ0n) is 8.32. The lowest BCUT2D eigenvalue weighted by Crippen LogP contribution is -2.41. The maximum Gasteiger partial charge on any atom is 0.222 e. The van der Waals surface area contributed by atoms with Gasteiger partial charge in [0.15, 0.2) is 0 Å². The number of carbonyl (C=O) groups excluding carboxylic acids is 1. The molecule has 13 heavy (non-hydrogen) atoms. The summed E-state index contributed by atoms with van der Waals surface area (Å²) in [6.07, 6.45) is 1.72. The van der Waals surface area contributed by atoms with Gasteiger partial charge < -0.3 is 10.6 Å². The first-order valence-corrected chi connectivity index (χ1v) is 4.64. The minimum Gasteiger partial charge on any atom is -0.341 e. The van der Waals surface area contributed by atoms with E-state index in [-0.39, 0.29) is 24.4 Å². The summed E-state index contributed by atoms with van der Waals surface area (Å²) in [6.45, 7) is 5.81. The summed E-state index contributed by atoms with van der Waals surface area (Å²) in [6, 6.07) is 0.132. The summed E-state index contributed by atoms with van der Waals surface area (Å²) in [5.74, 6) is 0.726. The van der Waals surface area contributed by atoms with E-state index >= 15 is 0 Å². The van der Waals surface area contributed by atoms with Gasteiger partial charge in [0.25, 0.3) is 0 Å². The summed E-state index contributed by atoms with van der Waals surface area (Å²) in [4.78, 5) is 13.1. The van der Waals surface area contributed by atoms with Crippen molar-refractivity contribution >= 4 is 18.3 Å². The van der Waals surface area contributed by atoms with Crippen molar-refractivity contribution in [2.24, 2.45) is 11.7 Å². The van der Waals surface area contributed by atoms with Gasteiger partial charge in [-0.05, 0) is 12.3 Å². The number of halogens is 1. The van der Waals surface area contributed by atoms with Gasteiger partial charge >= 0.3 is 0 Å². The number of nitrogens with zero attached hydrogens (tertiary/aromatic N) is 1. The van der Waals surface area contributed by atoms with Crippen molar-refractivity contribution in [3.63, 3.8) is 0 Å². The standard InChI is InChI=1S/C9H18N2O.ClH/c1-7(2)8(10)6-11-5-3-4-9(11)12;/h7-8H,3-6,10H2,1-2H3;1H/t8-;/m1./s1. The van der Waals surface area contributed by atoms with Crippen LogP contribution in [0.5, 0.6) is 0 Å². The van der Waals surface area contributed by atoms with Crippen molar-refractivity contribution < 1.29 is 4.79 Å². The highest BCUT2D eigenvalue weighted by molar-refractivity contribution is 5.85. The predicted octanol–water partition coefficient (Wildman–Crippen LogP) is 1.01. The van der Waals surface area contributed by atoms with Crippen LogP contribution in [0.25, 0.3) is 0 Å². The second-order valence-electron chi connectivity index (χ2n) is 3.85. The third-order valence-corrected chi connectivity index (χ3v) is 2.46. The second-order valence-corrected chi connectivity index (χ2v) is 3.85. The van der Waals surface area contributed by atoms with Crippen LogP contribution in [-0.4, -0.2) is 29.9 Å². The second kappa shape index (κ2) is 5.45. The van der Waals surface area contributed by atoms with Crippen molar-refractivity contribution in [2.75, 3.05) is 13.1 Å². The molecule has 0 aliphatic carbocycles. The molecule has 0 spiro atoms. The summed E-state index contributed by atoms with van der Waals surface area (Å²) in [7, 11) is 0. The topological polar surface area (TPSA) is 46.3 Å². The fraction of sp³-hybridized carbons (Fsp3) is 0.889. The van der Waals surface area contributed by atoms with E-state index in [0.29, 0.717) is 12.3 Å². The monoisotopic (exact) mass is 206 g/mol. The van der Waals surface area contributed by atoms with Crippen LogP contribution in [0.1, 0.15) is 26.7 Å². The molecule has 1 heterocycles. The molecule has 0 aromatic rings. The number of rotatable bonds is 3. The molecular formula is C9H19ClN2O. The van der Waals surface area contributed by atoms with Crippen LogP contribution in [0.4, 0.5) is 0 Å². The Labute approximate surface area is 86.1 Å². The van der Waals surface area contributed by atoms with E-state index in [9.17, 15) is 4.79 Å². The van der Waals surface area contributed by atoms with E-state index < -0.39 is 0 Å². The molecule has 0 aromatic heterocycles. The Balaban J connectivity index is 0.00000144.